The van der Waals surface area contributed by atoms with Crippen LogP contribution in [0.3, 0.4) is 0 Å². The van der Waals surface area contributed by atoms with Crippen LogP contribution in [0, 0.1) is 0 Å². The molecule has 3 aliphatic rings. The highest BCUT2D eigenvalue weighted by Crippen LogP contribution is 2.50. The second kappa shape index (κ2) is 10.3. The number of nitrogens with one attached hydrogen (secondary N) is 2. The number of nitrogens with zero attached hydrogens (tertiary/aromatic N) is 8. The van der Waals surface area contributed by atoms with Crippen molar-refractivity contribution in [2.45, 2.75) is 49.4 Å². The van der Waals surface area contributed by atoms with Gasteiger partial charge in [-0.3, -0.25) is 22.6 Å². The zero-order valence-corrected chi connectivity index (χ0v) is 23.1. The number of hydrogen-bond acceptors (Lipinski definition) is 16. The Bertz CT molecular complexity index is 1920. The van der Waals surface area contributed by atoms with Gasteiger partial charge in [-0.1, -0.05) is 5.21 Å². The molecule has 5 N–H and O–H groups in total. The summed E-state index contributed by atoms with van der Waals surface area (Å²) in [5.41, 5.74) is 5.39. The Balaban J connectivity index is 1.15. The van der Waals surface area contributed by atoms with Gasteiger partial charge in [0.1, 0.15) is 36.4 Å². The molecule has 7 rings (SSSR count). The van der Waals surface area contributed by atoms with Crippen LogP contribution in [0.5, 0.6) is 0 Å². The molecular weight excluding hydrogens is 624 g/mol. The fourth-order valence-electron chi connectivity index (χ4n) is 5.09. The van der Waals surface area contributed by atoms with E-state index in [0.717, 1.165) is 11.0 Å². The lowest BCUT2D eigenvalue weighted by Gasteiger charge is -2.26. The molecule has 1 unspecified atom stereocenters. The molecule has 0 saturated carbocycles. The average molecular weight is 645 g/mol. The van der Waals surface area contributed by atoms with Gasteiger partial charge in [0.15, 0.2) is 35.0 Å². The highest BCUT2D eigenvalue weighted by atomic mass is 32.2. The second-order valence-electron chi connectivity index (χ2n) is 9.69. The third-order valence-corrected chi connectivity index (χ3v) is 9.07. The van der Waals surface area contributed by atoms with Gasteiger partial charge in [-0.05, 0) is 0 Å². The summed E-state index contributed by atoms with van der Waals surface area (Å²) in [4.78, 5) is 40.9. The van der Waals surface area contributed by atoms with E-state index in [4.69, 9.17) is 28.4 Å². The minimum Gasteiger partial charge on any atom is -0.382 e. The predicted molar refractivity (Wildman–Crippen MR) is 135 cm³/mol. The highest BCUT2D eigenvalue weighted by molar-refractivity contribution is 7.84. The molecule has 4 aromatic rings. The summed E-state index contributed by atoms with van der Waals surface area (Å²) in [6, 6.07) is -1.03. The molecule has 0 spiro atoms. The molecule has 24 heteroatoms. The molecular formula is C19H21FN11O10PS. The van der Waals surface area contributed by atoms with Crippen molar-refractivity contribution in [3.63, 3.8) is 0 Å². The number of hydrogen-bond donors (Lipinski definition) is 4. The monoisotopic (exact) mass is 645 g/mol. The Kier molecular flexibility index (Phi) is 6.75. The maximum absolute atomic E-state index is 15.7. The first-order valence-corrected chi connectivity index (χ1v) is 15.4. The number of H-pyrrole nitrogens is 1. The lowest BCUT2D eigenvalue weighted by molar-refractivity contribution is -0.0511. The van der Waals surface area contributed by atoms with Gasteiger partial charge in [0, 0.05) is 6.42 Å². The van der Waals surface area contributed by atoms with Crippen molar-refractivity contribution >= 4 is 46.3 Å². The number of fused-ring (bicyclic) bond motifs is 4. The predicted octanol–water partition coefficient (Wildman–Crippen LogP) is -1.80. The molecule has 3 fully saturated rings. The van der Waals surface area contributed by atoms with Crippen molar-refractivity contribution in [2.24, 2.45) is 0 Å². The van der Waals surface area contributed by atoms with Crippen molar-refractivity contribution in [1.82, 2.24) is 49.2 Å². The number of ether oxygens (including phenoxy) is 2. The number of phosphoric ester groups is 1. The maximum atomic E-state index is 15.7. The van der Waals surface area contributed by atoms with Gasteiger partial charge in [0.05, 0.1) is 31.9 Å². The number of nitrogen functional groups attached to an aromatic ring is 1. The van der Waals surface area contributed by atoms with E-state index in [1.165, 1.54) is 17.2 Å². The summed E-state index contributed by atoms with van der Waals surface area (Å²) in [5.74, 6) is 0.118. The molecule has 3 aliphatic heterocycles. The average Bonchev–Trinajstić information content (AvgIpc) is 3.72. The van der Waals surface area contributed by atoms with E-state index in [1.807, 2.05) is 0 Å². The van der Waals surface area contributed by atoms with Crippen LogP contribution in [0.4, 0.5) is 10.2 Å². The molecule has 8 atom stereocenters. The molecule has 0 radical (unpaired) electrons. The molecule has 4 aromatic heterocycles. The van der Waals surface area contributed by atoms with E-state index in [0.29, 0.717) is 5.65 Å². The van der Waals surface area contributed by atoms with Crippen LogP contribution in [-0.4, -0.2) is 102 Å². The van der Waals surface area contributed by atoms with Gasteiger partial charge < -0.3 is 25.1 Å². The number of aromatic nitrogens is 9. The Morgan fingerprint density at radius 2 is 1.95 bits per heavy atom. The van der Waals surface area contributed by atoms with Crippen molar-refractivity contribution in [3.8, 4) is 0 Å². The van der Waals surface area contributed by atoms with Crippen molar-refractivity contribution < 1.29 is 45.0 Å². The minimum absolute atomic E-state index is 0.00867. The highest BCUT2D eigenvalue weighted by Gasteiger charge is 2.52. The van der Waals surface area contributed by atoms with Gasteiger partial charge in [-0.25, -0.2) is 28.9 Å². The zero-order valence-electron chi connectivity index (χ0n) is 21.4. The number of phosphoric acid groups is 1. The first-order valence-electron chi connectivity index (χ1n) is 12.5. The maximum Gasteiger partial charge on any atom is 0.472 e. The number of imidazole rings is 1. The number of halogens is 1. The number of nitrogens with two attached hydrogens (primary N) is 1. The fraction of sp³-hybridized carbons (Fsp3) is 0.526. The molecule has 21 nitrogen and oxygen atoms in total. The van der Waals surface area contributed by atoms with Gasteiger partial charge in [0.2, 0.25) is 0 Å². The molecule has 0 bridgehead atoms. The summed E-state index contributed by atoms with van der Waals surface area (Å²) in [6.07, 6.45) is -5.76. The Morgan fingerprint density at radius 1 is 1.12 bits per heavy atom. The lowest BCUT2D eigenvalue weighted by Crippen LogP contribution is -2.45. The summed E-state index contributed by atoms with van der Waals surface area (Å²) < 4.78 is 86.1. The van der Waals surface area contributed by atoms with Crippen LogP contribution in [0.2, 0.25) is 0 Å². The van der Waals surface area contributed by atoms with E-state index in [-0.39, 0.29) is 28.9 Å². The Hall–Kier alpha value is -3.54. The Morgan fingerprint density at radius 3 is 2.79 bits per heavy atom. The van der Waals surface area contributed by atoms with E-state index >= 15 is 4.39 Å². The van der Waals surface area contributed by atoms with Gasteiger partial charge in [0.25, 0.3) is 5.56 Å². The third kappa shape index (κ3) is 5.07. The van der Waals surface area contributed by atoms with Crippen LogP contribution < -0.4 is 16.0 Å². The number of rotatable bonds is 2. The molecule has 3 saturated heterocycles. The topological polar surface area (TPSA) is 276 Å². The molecule has 230 valence electrons. The number of alkyl halides is 1. The Labute approximate surface area is 238 Å². The smallest absolute Gasteiger partial charge is 0.382 e. The fourth-order valence-corrected chi connectivity index (χ4v) is 7.04. The SMILES string of the molecule is Nc1ncnc2c1ncn2[C@H]1C[C@@H]2NS(=O)(=O)OC[C@H]3O[C@@H](n4nnc5c(=O)[nH]cnc54)[C@H](F)[C@@H]3OP(=O)(O)OC[C@H]2O1. The van der Waals surface area contributed by atoms with Crippen LogP contribution in [0.25, 0.3) is 22.3 Å². The van der Waals surface area contributed by atoms with Crippen molar-refractivity contribution in [2.75, 3.05) is 18.9 Å². The first-order chi connectivity index (χ1) is 20.5. The summed E-state index contributed by atoms with van der Waals surface area (Å²) in [7, 11) is -9.56. The van der Waals surface area contributed by atoms with Gasteiger partial charge in [-0.15, -0.1) is 5.10 Å². The molecule has 43 heavy (non-hydrogen) atoms. The van der Waals surface area contributed by atoms with Crippen LogP contribution in [-0.2, 0) is 37.6 Å². The number of anilines is 1. The standard InChI is InChI=1S/C19H21FN11O10PS/c20-11-14-9(40-19(11)31-17-13(27-29-31)18(32)25-5-24-17)3-38-43(35,36)28-7-1-10(39-8(7)2-37-42(33,34)41-14)30-6-26-12-15(21)22-4-23-16(12)30/h4-11,14,19,28H,1-3H2,(H,33,34)(H2,21,22,23)(H,24,25,32)/t7-,8+,9+,10+,11+,14+,19+/m0/s1. The van der Waals surface area contributed by atoms with Crippen LogP contribution in [0.1, 0.15) is 18.9 Å². The van der Waals surface area contributed by atoms with Gasteiger partial charge >= 0.3 is 18.1 Å². The molecule has 7 heterocycles. The summed E-state index contributed by atoms with van der Waals surface area (Å²) in [5, 5.41) is 7.36. The summed E-state index contributed by atoms with van der Waals surface area (Å²) in [6.45, 7) is -1.50. The quantitative estimate of drug-likeness (QED) is 0.175. The van der Waals surface area contributed by atoms with E-state index < -0.39 is 79.9 Å². The minimum atomic E-state index is -5.02. The van der Waals surface area contributed by atoms with Crippen LogP contribution >= 0.6 is 7.82 Å². The van der Waals surface area contributed by atoms with Crippen molar-refractivity contribution in [1.29, 1.82) is 0 Å². The molecule has 0 aromatic carbocycles. The van der Waals surface area contributed by atoms with Gasteiger partial charge in [-0.2, -0.15) is 17.8 Å². The van der Waals surface area contributed by atoms with E-state index in [9.17, 15) is 22.7 Å². The first kappa shape index (κ1) is 28.2. The second-order valence-corrected chi connectivity index (χ2v) is 12.5. The lowest BCUT2D eigenvalue weighted by atomic mass is 10.1. The third-order valence-electron chi connectivity index (χ3n) is 7.05. The molecule has 0 amide bonds. The summed E-state index contributed by atoms with van der Waals surface area (Å²) >= 11 is 0. The molecule has 0 aliphatic carbocycles. The number of aromatic amines is 1. The normalized spacial score (nSPS) is 34.9. The van der Waals surface area contributed by atoms with E-state index in [2.05, 4.69) is 40.0 Å². The van der Waals surface area contributed by atoms with Crippen molar-refractivity contribution in [3.05, 3.63) is 29.3 Å². The zero-order chi connectivity index (χ0) is 30.1. The van der Waals surface area contributed by atoms with E-state index in [1.54, 1.807) is 0 Å². The largest absolute Gasteiger partial charge is 0.472 e. The van der Waals surface area contributed by atoms with Crippen LogP contribution in [0.15, 0.2) is 23.8 Å².